The van der Waals surface area contributed by atoms with Crippen LogP contribution in [0, 0.1) is 0 Å². The van der Waals surface area contributed by atoms with E-state index in [0.29, 0.717) is 38.5 Å². The number of rotatable bonds is 4. The smallest absolute Gasteiger partial charge is 0.401 e. The van der Waals surface area contributed by atoms with Crippen LogP contribution in [0.1, 0.15) is 16.1 Å². The Labute approximate surface area is 113 Å². The summed E-state index contributed by atoms with van der Waals surface area (Å²) >= 11 is 0. The summed E-state index contributed by atoms with van der Waals surface area (Å²) in [5, 5.41) is 8.76. The molecule has 1 N–H and O–H groups in total. The van der Waals surface area contributed by atoms with Crippen molar-refractivity contribution in [2.24, 2.45) is 0 Å². The maximum Gasteiger partial charge on any atom is 0.401 e. The summed E-state index contributed by atoms with van der Waals surface area (Å²) in [6.45, 7) is 1.20. The number of nitrogens with zero attached hydrogens (tertiary/aromatic N) is 2. The molecule has 1 aromatic heterocycles. The van der Waals surface area contributed by atoms with Crippen molar-refractivity contribution in [2.45, 2.75) is 12.7 Å². The maximum absolute atomic E-state index is 12.2. The molecule has 20 heavy (non-hydrogen) atoms. The molecule has 0 aliphatic carbocycles. The fraction of sp³-hybridized carbons (Fsp3) is 0.583. The topological polar surface area (TPSA) is 56.9 Å². The maximum atomic E-state index is 12.2. The molecule has 8 heteroatoms. The molecular weight excluding hydrogens is 277 g/mol. The van der Waals surface area contributed by atoms with Crippen LogP contribution in [0.5, 0.6) is 0 Å². The number of furan rings is 1. The lowest BCUT2D eigenvalue weighted by molar-refractivity contribution is -0.149. The van der Waals surface area contributed by atoms with Crippen LogP contribution >= 0.6 is 0 Å². The average Bonchev–Trinajstić information content (AvgIpc) is 2.78. The van der Waals surface area contributed by atoms with Crippen molar-refractivity contribution in [1.29, 1.82) is 0 Å². The average molecular weight is 292 g/mol. The molecular formula is C12H15F3N2O3. The monoisotopic (exact) mass is 292 g/mol. The normalized spacial score (nSPS) is 18.4. The summed E-state index contributed by atoms with van der Waals surface area (Å²) in [7, 11) is 0. The van der Waals surface area contributed by atoms with E-state index in [4.69, 9.17) is 9.52 Å². The first-order valence-electron chi connectivity index (χ1n) is 6.16. The number of carbonyl (C=O) groups is 1. The summed E-state index contributed by atoms with van der Waals surface area (Å²) in [6, 6.07) is 1.43. The van der Waals surface area contributed by atoms with Gasteiger partial charge < -0.3 is 9.52 Å². The van der Waals surface area contributed by atoms with Crippen LogP contribution in [0.15, 0.2) is 16.7 Å². The molecule has 2 heterocycles. The second kappa shape index (κ2) is 5.84. The first kappa shape index (κ1) is 14.9. The van der Waals surface area contributed by atoms with Crippen LogP contribution < -0.4 is 0 Å². The van der Waals surface area contributed by atoms with E-state index in [-0.39, 0.29) is 5.56 Å². The number of carboxylic acid groups (broad SMARTS) is 1. The standard InChI is InChI=1S/C12H15F3N2O3/c13-12(14,15)8-17-3-1-16(2-4-17)6-10-5-9(7-20-10)11(18)19/h5,7H,1-4,6,8H2,(H,18,19). The van der Waals surface area contributed by atoms with Gasteiger partial charge in [-0.05, 0) is 6.07 Å². The number of piperazine rings is 1. The Balaban J connectivity index is 1.80. The lowest BCUT2D eigenvalue weighted by Gasteiger charge is -2.34. The Kier molecular flexibility index (Phi) is 4.34. The molecule has 0 bridgehead atoms. The predicted octanol–water partition coefficient (Wildman–Crippen LogP) is 1.66. The Morgan fingerprint density at radius 2 is 1.85 bits per heavy atom. The molecule has 1 aromatic rings. The van der Waals surface area contributed by atoms with Gasteiger partial charge in [-0.15, -0.1) is 0 Å². The van der Waals surface area contributed by atoms with E-state index in [0.717, 1.165) is 6.26 Å². The molecule has 0 unspecified atom stereocenters. The molecule has 0 radical (unpaired) electrons. The summed E-state index contributed by atoms with van der Waals surface area (Å²) < 4.78 is 41.8. The van der Waals surface area contributed by atoms with Crippen molar-refractivity contribution in [1.82, 2.24) is 9.80 Å². The molecule has 0 atom stereocenters. The van der Waals surface area contributed by atoms with Crippen LogP contribution in [-0.2, 0) is 6.54 Å². The SMILES string of the molecule is O=C(O)c1coc(CN2CCN(CC(F)(F)F)CC2)c1. The van der Waals surface area contributed by atoms with E-state index in [2.05, 4.69) is 0 Å². The third-order valence-electron chi connectivity index (χ3n) is 3.15. The molecule has 5 nitrogen and oxygen atoms in total. The van der Waals surface area contributed by atoms with Crippen molar-refractivity contribution >= 4 is 5.97 Å². The van der Waals surface area contributed by atoms with Crippen molar-refractivity contribution in [2.75, 3.05) is 32.7 Å². The molecule has 1 saturated heterocycles. The summed E-state index contributed by atoms with van der Waals surface area (Å²) in [5.74, 6) is -0.554. The van der Waals surface area contributed by atoms with Gasteiger partial charge in [-0.1, -0.05) is 0 Å². The van der Waals surface area contributed by atoms with Gasteiger partial charge in [-0.25, -0.2) is 4.79 Å². The van der Waals surface area contributed by atoms with Crippen LogP contribution in [0.4, 0.5) is 13.2 Å². The van der Waals surface area contributed by atoms with Crippen LogP contribution in [0.2, 0.25) is 0 Å². The van der Waals surface area contributed by atoms with Crippen molar-refractivity contribution in [3.8, 4) is 0 Å². The van der Waals surface area contributed by atoms with E-state index in [1.54, 1.807) is 0 Å². The van der Waals surface area contributed by atoms with Gasteiger partial charge in [0.1, 0.15) is 12.0 Å². The molecule has 1 fully saturated rings. The van der Waals surface area contributed by atoms with Gasteiger partial charge in [-0.2, -0.15) is 13.2 Å². The van der Waals surface area contributed by atoms with E-state index in [1.165, 1.54) is 11.0 Å². The van der Waals surface area contributed by atoms with E-state index in [9.17, 15) is 18.0 Å². The fourth-order valence-corrected chi connectivity index (χ4v) is 2.16. The first-order valence-corrected chi connectivity index (χ1v) is 6.16. The molecule has 1 aliphatic rings. The number of hydrogen-bond acceptors (Lipinski definition) is 4. The van der Waals surface area contributed by atoms with Gasteiger partial charge >= 0.3 is 12.1 Å². The lowest BCUT2D eigenvalue weighted by atomic mass is 10.2. The van der Waals surface area contributed by atoms with Crippen molar-refractivity contribution in [3.05, 3.63) is 23.7 Å². The van der Waals surface area contributed by atoms with E-state index >= 15 is 0 Å². The van der Waals surface area contributed by atoms with E-state index in [1.807, 2.05) is 4.90 Å². The fourth-order valence-electron chi connectivity index (χ4n) is 2.16. The third kappa shape index (κ3) is 4.24. The number of halogens is 3. The second-order valence-corrected chi connectivity index (χ2v) is 4.77. The van der Waals surface area contributed by atoms with Crippen LogP contribution in [0.25, 0.3) is 0 Å². The van der Waals surface area contributed by atoms with Gasteiger partial charge in [0.05, 0.1) is 18.7 Å². The first-order chi connectivity index (χ1) is 9.33. The summed E-state index contributed by atoms with van der Waals surface area (Å²) in [5.41, 5.74) is 0.0794. The number of hydrogen-bond donors (Lipinski definition) is 1. The number of aromatic carboxylic acids is 1. The summed E-state index contributed by atoms with van der Waals surface area (Å²) in [6.07, 6.45) is -3.00. The summed E-state index contributed by atoms with van der Waals surface area (Å²) in [4.78, 5) is 14.0. The van der Waals surface area contributed by atoms with Gasteiger partial charge in [0.2, 0.25) is 0 Å². The van der Waals surface area contributed by atoms with Gasteiger partial charge in [0, 0.05) is 26.2 Å². The highest BCUT2D eigenvalue weighted by Crippen LogP contribution is 2.18. The quantitative estimate of drug-likeness (QED) is 0.914. The zero-order chi connectivity index (χ0) is 14.8. The van der Waals surface area contributed by atoms with Gasteiger partial charge in [-0.3, -0.25) is 9.80 Å². The third-order valence-corrected chi connectivity index (χ3v) is 3.15. The highest BCUT2D eigenvalue weighted by Gasteiger charge is 2.32. The van der Waals surface area contributed by atoms with Gasteiger partial charge in [0.25, 0.3) is 0 Å². The van der Waals surface area contributed by atoms with Crippen molar-refractivity contribution in [3.63, 3.8) is 0 Å². The number of alkyl halides is 3. The van der Waals surface area contributed by atoms with Gasteiger partial charge in [0.15, 0.2) is 0 Å². The Bertz CT molecular complexity index is 465. The van der Waals surface area contributed by atoms with E-state index < -0.39 is 18.7 Å². The van der Waals surface area contributed by atoms with Crippen molar-refractivity contribution < 1.29 is 27.5 Å². The minimum Gasteiger partial charge on any atom is -0.478 e. The molecule has 112 valence electrons. The van der Waals surface area contributed by atoms with Crippen LogP contribution in [-0.4, -0.2) is 59.8 Å². The molecule has 0 saturated carbocycles. The zero-order valence-corrected chi connectivity index (χ0v) is 10.7. The Morgan fingerprint density at radius 3 is 2.35 bits per heavy atom. The molecule has 2 rings (SSSR count). The van der Waals surface area contributed by atoms with Crippen LogP contribution in [0.3, 0.4) is 0 Å². The highest BCUT2D eigenvalue weighted by molar-refractivity contribution is 5.87. The Hall–Kier alpha value is -1.54. The largest absolute Gasteiger partial charge is 0.478 e. The minimum absolute atomic E-state index is 0.0794. The second-order valence-electron chi connectivity index (χ2n) is 4.77. The predicted molar refractivity (Wildman–Crippen MR) is 63.4 cm³/mol. The minimum atomic E-state index is -4.17. The molecule has 0 spiro atoms. The lowest BCUT2D eigenvalue weighted by Crippen LogP contribution is -2.48. The highest BCUT2D eigenvalue weighted by atomic mass is 19.4. The number of carboxylic acids is 1. The Morgan fingerprint density at radius 1 is 1.25 bits per heavy atom. The molecule has 1 aliphatic heterocycles. The molecule has 0 amide bonds. The molecule has 0 aromatic carbocycles. The zero-order valence-electron chi connectivity index (χ0n) is 10.7.